The first-order chi connectivity index (χ1) is 7.90. The number of carboxylic acid groups (broad SMARTS) is 1. The number of carbonyl (C=O) groups excluding carboxylic acids is 1. The molecule has 0 bridgehead atoms. The van der Waals surface area contributed by atoms with E-state index in [0.717, 1.165) is 11.3 Å². The van der Waals surface area contributed by atoms with Crippen LogP contribution in [0.1, 0.15) is 29.9 Å². The van der Waals surface area contributed by atoms with Gasteiger partial charge in [-0.3, -0.25) is 4.79 Å². The van der Waals surface area contributed by atoms with Crippen LogP contribution in [0, 0.1) is 5.92 Å². The Labute approximate surface area is 109 Å². The average Bonchev–Trinajstić information content (AvgIpc) is 2.63. The highest BCUT2D eigenvalue weighted by Gasteiger charge is 2.22. The van der Waals surface area contributed by atoms with E-state index in [1.54, 1.807) is 12.1 Å². The molecule has 0 saturated carbocycles. The van der Waals surface area contributed by atoms with Gasteiger partial charge in [-0.15, -0.1) is 11.3 Å². The molecule has 0 spiro atoms. The molecule has 1 heterocycles. The van der Waals surface area contributed by atoms with Crippen LogP contribution in [-0.2, 0) is 4.79 Å². The number of carboxylic acids is 1. The minimum Gasteiger partial charge on any atom is -0.480 e. The lowest BCUT2D eigenvalue weighted by atomic mass is 10.0. The topological polar surface area (TPSA) is 66.4 Å². The first-order valence-electron chi connectivity index (χ1n) is 5.19. The molecule has 0 aliphatic rings. The number of hydrogen-bond donors (Lipinski definition) is 2. The molecule has 0 saturated heterocycles. The number of nitrogens with one attached hydrogen (secondary N) is 1. The van der Waals surface area contributed by atoms with Crippen molar-refractivity contribution in [3.05, 3.63) is 21.3 Å². The van der Waals surface area contributed by atoms with E-state index >= 15 is 0 Å². The fraction of sp³-hybridized carbons (Fsp3) is 0.455. The molecule has 1 unspecified atom stereocenters. The molecule has 2 N–H and O–H groups in total. The van der Waals surface area contributed by atoms with Gasteiger partial charge in [0.2, 0.25) is 0 Å². The van der Waals surface area contributed by atoms with Crippen molar-refractivity contribution in [2.75, 3.05) is 0 Å². The highest BCUT2D eigenvalue weighted by atomic mass is 35.5. The summed E-state index contributed by atoms with van der Waals surface area (Å²) in [6.07, 6.45) is 0.403. The van der Waals surface area contributed by atoms with E-state index in [9.17, 15) is 9.59 Å². The van der Waals surface area contributed by atoms with E-state index in [4.69, 9.17) is 16.7 Å². The Morgan fingerprint density at radius 3 is 2.53 bits per heavy atom. The van der Waals surface area contributed by atoms with Crippen LogP contribution in [0.15, 0.2) is 12.1 Å². The van der Waals surface area contributed by atoms with Gasteiger partial charge in [0.25, 0.3) is 5.91 Å². The zero-order valence-electron chi connectivity index (χ0n) is 9.57. The van der Waals surface area contributed by atoms with Gasteiger partial charge in [-0.1, -0.05) is 25.4 Å². The summed E-state index contributed by atoms with van der Waals surface area (Å²) >= 11 is 6.84. The second-order valence-electron chi connectivity index (χ2n) is 4.10. The molecule has 0 aliphatic heterocycles. The summed E-state index contributed by atoms with van der Waals surface area (Å²) in [7, 11) is 0. The molecule has 0 aliphatic carbocycles. The molecule has 94 valence electrons. The highest BCUT2D eigenvalue weighted by molar-refractivity contribution is 7.18. The Hall–Kier alpha value is -1.07. The lowest BCUT2D eigenvalue weighted by Gasteiger charge is -2.15. The van der Waals surface area contributed by atoms with Crippen molar-refractivity contribution in [3.63, 3.8) is 0 Å². The van der Waals surface area contributed by atoms with Gasteiger partial charge in [-0.25, -0.2) is 4.79 Å². The molecule has 0 aromatic carbocycles. The standard InChI is InChI=1S/C11H14ClNO3S/c1-6(2)5-7(11(15)16)13-10(14)8-3-4-9(12)17-8/h3-4,6-7H,5H2,1-2H3,(H,13,14)(H,15,16). The SMILES string of the molecule is CC(C)CC(NC(=O)c1ccc(Cl)s1)C(=O)O. The smallest absolute Gasteiger partial charge is 0.326 e. The number of amides is 1. The molecule has 1 atom stereocenters. The van der Waals surface area contributed by atoms with Crippen molar-refractivity contribution in [1.82, 2.24) is 5.32 Å². The molecule has 1 aromatic heterocycles. The van der Waals surface area contributed by atoms with Crippen LogP contribution in [0.25, 0.3) is 0 Å². The summed E-state index contributed by atoms with van der Waals surface area (Å²) in [4.78, 5) is 23.1. The van der Waals surface area contributed by atoms with Crippen LogP contribution in [0.4, 0.5) is 0 Å². The van der Waals surface area contributed by atoms with E-state index in [1.165, 1.54) is 0 Å². The maximum atomic E-state index is 11.7. The maximum absolute atomic E-state index is 11.7. The maximum Gasteiger partial charge on any atom is 0.326 e. The number of hydrogen-bond acceptors (Lipinski definition) is 3. The quantitative estimate of drug-likeness (QED) is 0.868. The molecule has 1 rings (SSSR count). The van der Waals surface area contributed by atoms with E-state index in [0.29, 0.717) is 15.6 Å². The first-order valence-corrected chi connectivity index (χ1v) is 6.38. The van der Waals surface area contributed by atoms with Crippen LogP contribution in [0.2, 0.25) is 4.34 Å². The third-order valence-corrected chi connectivity index (χ3v) is 3.34. The highest BCUT2D eigenvalue weighted by Crippen LogP contribution is 2.21. The molecule has 4 nitrogen and oxygen atoms in total. The monoisotopic (exact) mass is 275 g/mol. The molecule has 6 heteroatoms. The van der Waals surface area contributed by atoms with Gasteiger partial charge in [0.1, 0.15) is 6.04 Å². The van der Waals surface area contributed by atoms with Crippen molar-refractivity contribution in [2.45, 2.75) is 26.3 Å². The van der Waals surface area contributed by atoms with Gasteiger partial charge in [0.15, 0.2) is 0 Å². The van der Waals surface area contributed by atoms with E-state index in [1.807, 2.05) is 13.8 Å². The molecule has 0 radical (unpaired) electrons. The Bertz CT molecular complexity index is 417. The van der Waals surface area contributed by atoms with Crippen LogP contribution < -0.4 is 5.32 Å². The van der Waals surface area contributed by atoms with Crippen molar-refractivity contribution in [3.8, 4) is 0 Å². The molecular weight excluding hydrogens is 262 g/mol. The number of aliphatic carboxylic acids is 1. The summed E-state index contributed by atoms with van der Waals surface area (Å²) in [5.41, 5.74) is 0. The molecule has 17 heavy (non-hydrogen) atoms. The van der Waals surface area contributed by atoms with E-state index < -0.39 is 17.9 Å². The largest absolute Gasteiger partial charge is 0.480 e. The number of halogens is 1. The van der Waals surface area contributed by atoms with Gasteiger partial charge >= 0.3 is 5.97 Å². The third kappa shape index (κ3) is 4.36. The minimum atomic E-state index is -1.02. The second kappa shape index (κ2) is 6.02. The Morgan fingerprint density at radius 1 is 1.47 bits per heavy atom. The number of carbonyl (C=O) groups is 2. The van der Waals surface area contributed by atoms with E-state index in [-0.39, 0.29) is 5.92 Å². The van der Waals surface area contributed by atoms with Crippen molar-refractivity contribution < 1.29 is 14.7 Å². The van der Waals surface area contributed by atoms with Gasteiger partial charge in [0.05, 0.1) is 9.21 Å². The molecular formula is C11H14ClNO3S. The zero-order chi connectivity index (χ0) is 13.0. The lowest BCUT2D eigenvalue weighted by molar-refractivity contribution is -0.139. The fourth-order valence-electron chi connectivity index (χ4n) is 1.36. The van der Waals surface area contributed by atoms with Crippen LogP contribution in [0.3, 0.4) is 0 Å². The molecule has 0 fully saturated rings. The van der Waals surface area contributed by atoms with Crippen LogP contribution in [0.5, 0.6) is 0 Å². The van der Waals surface area contributed by atoms with Gasteiger partial charge < -0.3 is 10.4 Å². The minimum absolute atomic E-state index is 0.198. The third-order valence-electron chi connectivity index (χ3n) is 2.11. The number of rotatable bonds is 5. The second-order valence-corrected chi connectivity index (χ2v) is 5.81. The predicted molar refractivity (Wildman–Crippen MR) is 67.7 cm³/mol. The Morgan fingerprint density at radius 2 is 2.12 bits per heavy atom. The molecule has 1 amide bonds. The van der Waals surface area contributed by atoms with Crippen LogP contribution in [-0.4, -0.2) is 23.0 Å². The fourth-order valence-corrected chi connectivity index (χ4v) is 2.30. The average molecular weight is 276 g/mol. The summed E-state index contributed by atoms with van der Waals surface area (Å²) in [6.45, 7) is 3.81. The summed E-state index contributed by atoms with van der Waals surface area (Å²) < 4.78 is 0.505. The first kappa shape index (κ1) is 14.0. The summed E-state index contributed by atoms with van der Waals surface area (Å²) in [5, 5.41) is 11.5. The van der Waals surface area contributed by atoms with Crippen molar-refractivity contribution >= 4 is 34.8 Å². The number of thiophene rings is 1. The molecule has 1 aromatic rings. The summed E-state index contributed by atoms with van der Waals surface area (Å²) in [6, 6.07) is 2.33. The van der Waals surface area contributed by atoms with E-state index in [2.05, 4.69) is 5.32 Å². The van der Waals surface area contributed by atoms with Crippen molar-refractivity contribution in [2.24, 2.45) is 5.92 Å². The Balaban J connectivity index is 2.67. The Kier molecular flexibility index (Phi) is 4.96. The summed E-state index contributed by atoms with van der Waals surface area (Å²) in [5.74, 6) is -1.21. The zero-order valence-corrected chi connectivity index (χ0v) is 11.1. The normalized spacial score (nSPS) is 12.5. The van der Waals surface area contributed by atoms with Gasteiger partial charge in [-0.05, 0) is 24.5 Å². The van der Waals surface area contributed by atoms with Gasteiger partial charge in [0, 0.05) is 0 Å². The predicted octanol–water partition coefficient (Wildman–Crippen LogP) is 2.63. The van der Waals surface area contributed by atoms with Gasteiger partial charge in [-0.2, -0.15) is 0 Å². The lowest BCUT2D eigenvalue weighted by Crippen LogP contribution is -2.41. The van der Waals surface area contributed by atoms with Crippen molar-refractivity contribution in [1.29, 1.82) is 0 Å². The van der Waals surface area contributed by atoms with Crippen LogP contribution >= 0.6 is 22.9 Å².